The summed E-state index contributed by atoms with van der Waals surface area (Å²) >= 11 is 0. The lowest BCUT2D eigenvalue weighted by Crippen LogP contribution is -2.25. The Hall–Kier alpha value is -4.86. The van der Waals surface area contributed by atoms with E-state index < -0.39 is 0 Å². The van der Waals surface area contributed by atoms with E-state index >= 15 is 0 Å². The molecule has 0 radical (unpaired) electrons. The predicted molar refractivity (Wildman–Crippen MR) is 132 cm³/mol. The summed E-state index contributed by atoms with van der Waals surface area (Å²) in [5, 5.41) is 10.0. The van der Waals surface area contributed by atoms with E-state index in [0.29, 0.717) is 41.5 Å². The number of anilines is 2. The maximum atomic E-state index is 12.8. The Balaban J connectivity index is 1.27. The van der Waals surface area contributed by atoms with Gasteiger partial charge >= 0.3 is 0 Å². The number of rotatable bonds is 8. The average molecular weight is 486 g/mol. The number of amides is 1. The molecule has 2 aromatic heterocycles. The molecule has 0 bridgehead atoms. The quantitative estimate of drug-likeness (QED) is 0.390. The molecule has 182 valence electrons. The van der Waals surface area contributed by atoms with Crippen molar-refractivity contribution in [1.29, 1.82) is 0 Å². The first kappa shape index (κ1) is 22.9. The Morgan fingerprint density at radius 1 is 1.08 bits per heavy atom. The van der Waals surface area contributed by atoms with E-state index in [-0.39, 0.29) is 29.7 Å². The number of carbonyl (C=O) groups excluding carboxylic acids is 1. The molecular formula is C26H23N5O5. The van der Waals surface area contributed by atoms with E-state index in [1.807, 2.05) is 18.2 Å². The number of hydrogen-bond donors (Lipinski definition) is 2. The van der Waals surface area contributed by atoms with Crippen LogP contribution in [0.4, 0.5) is 11.4 Å². The molecule has 1 amide bonds. The van der Waals surface area contributed by atoms with E-state index in [9.17, 15) is 9.59 Å². The van der Waals surface area contributed by atoms with Gasteiger partial charge < -0.3 is 24.8 Å². The van der Waals surface area contributed by atoms with Crippen LogP contribution in [0.15, 0.2) is 77.9 Å². The monoisotopic (exact) mass is 485 g/mol. The van der Waals surface area contributed by atoms with Crippen molar-refractivity contribution >= 4 is 17.3 Å². The maximum absolute atomic E-state index is 12.8. The normalized spacial score (nSPS) is 11.7. The Morgan fingerprint density at radius 2 is 1.92 bits per heavy atom. The van der Waals surface area contributed by atoms with Gasteiger partial charge in [-0.05, 0) is 48.5 Å². The summed E-state index contributed by atoms with van der Waals surface area (Å²) in [4.78, 5) is 29.6. The molecule has 0 aliphatic carbocycles. The van der Waals surface area contributed by atoms with Gasteiger partial charge in [-0.15, -0.1) is 0 Å². The molecule has 5 rings (SSSR count). The Morgan fingerprint density at radius 3 is 2.72 bits per heavy atom. The van der Waals surface area contributed by atoms with E-state index in [1.165, 1.54) is 10.9 Å². The number of nitrogens with zero attached hydrogens (tertiary/aromatic N) is 3. The van der Waals surface area contributed by atoms with E-state index in [0.717, 1.165) is 5.69 Å². The molecular weight excluding hydrogens is 462 g/mol. The summed E-state index contributed by atoms with van der Waals surface area (Å²) in [6, 6.07) is 17.6. The molecule has 0 saturated carbocycles. The van der Waals surface area contributed by atoms with Crippen molar-refractivity contribution in [2.75, 3.05) is 18.7 Å². The molecule has 0 saturated heterocycles. The smallest absolute Gasteiger partial charge is 0.294 e. The summed E-state index contributed by atoms with van der Waals surface area (Å²) in [5.74, 6) is 1.71. The number of nitrogens with one attached hydrogen (secondary N) is 2. The standard InChI is InChI=1S/C26H23N5O5/c1-31-26(33)24(23(15-29-31)36-20-9-10-21-22(14-20)35-16-34-21)30-19-7-5-17(6-8-19)25(32)28-13-11-18-4-2-3-12-27-18/h2-10,12,14-15,30H,11,13,16H2,1H3,(H,28,32). The highest BCUT2D eigenvalue weighted by molar-refractivity contribution is 5.94. The van der Waals surface area contributed by atoms with Gasteiger partial charge in [-0.1, -0.05) is 6.07 Å². The van der Waals surface area contributed by atoms with Crippen molar-refractivity contribution in [2.24, 2.45) is 7.05 Å². The van der Waals surface area contributed by atoms with Crippen LogP contribution in [0.3, 0.4) is 0 Å². The molecule has 10 nitrogen and oxygen atoms in total. The van der Waals surface area contributed by atoms with Crippen LogP contribution in [0.2, 0.25) is 0 Å². The summed E-state index contributed by atoms with van der Waals surface area (Å²) in [5.41, 5.74) is 1.86. The molecule has 2 N–H and O–H groups in total. The van der Waals surface area contributed by atoms with Crippen molar-refractivity contribution in [3.63, 3.8) is 0 Å². The third-order valence-electron chi connectivity index (χ3n) is 5.48. The highest BCUT2D eigenvalue weighted by atomic mass is 16.7. The van der Waals surface area contributed by atoms with Gasteiger partial charge in [-0.2, -0.15) is 5.10 Å². The first-order chi connectivity index (χ1) is 17.6. The topological polar surface area (TPSA) is 117 Å². The first-order valence-electron chi connectivity index (χ1n) is 11.3. The number of carbonyl (C=O) groups is 1. The molecule has 0 spiro atoms. The van der Waals surface area contributed by atoms with Gasteiger partial charge in [0.1, 0.15) is 5.75 Å². The molecule has 36 heavy (non-hydrogen) atoms. The van der Waals surface area contributed by atoms with Gasteiger partial charge in [0.05, 0.1) is 6.20 Å². The minimum Gasteiger partial charge on any atom is -0.454 e. The third kappa shape index (κ3) is 5.12. The second kappa shape index (κ2) is 10.2. The average Bonchev–Trinajstić information content (AvgIpc) is 3.37. The van der Waals surface area contributed by atoms with Gasteiger partial charge in [0.25, 0.3) is 11.5 Å². The molecule has 1 aliphatic rings. The van der Waals surface area contributed by atoms with Crippen LogP contribution in [0.1, 0.15) is 16.1 Å². The molecule has 1 aliphatic heterocycles. The predicted octanol–water partition coefficient (Wildman–Crippen LogP) is 3.41. The van der Waals surface area contributed by atoms with Crippen LogP contribution in [0.5, 0.6) is 23.0 Å². The second-order valence-electron chi connectivity index (χ2n) is 7.96. The SMILES string of the molecule is Cn1ncc(Oc2ccc3c(c2)OCO3)c(Nc2ccc(C(=O)NCCc3ccccn3)cc2)c1=O. The number of aromatic nitrogens is 3. The van der Waals surface area contributed by atoms with Crippen LogP contribution in [-0.2, 0) is 13.5 Å². The number of ether oxygens (including phenoxy) is 3. The zero-order chi connectivity index (χ0) is 24.9. The Kier molecular flexibility index (Phi) is 6.48. The van der Waals surface area contributed by atoms with Crippen LogP contribution < -0.4 is 30.4 Å². The second-order valence-corrected chi connectivity index (χ2v) is 7.96. The van der Waals surface area contributed by atoms with E-state index in [1.54, 1.807) is 55.7 Å². The first-order valence-corrected chi connectivity index (χ1v) is 11.3. The number of aryl methyl sites for hydroxylation is 1. The van der Waals surface area contributed by atoms with Gasteiger partial charge in [0.2, 0.25) is 6.79 Å². The van der Waals surface area contributed by atoms with Gasteiger partial charge in [-0.3, -0.25) is 14.6 Å². The number of fused-ring (bicyclic) bond motifs is 1. The Labute approximate surface area is 206 Å². The van der Waals surface area contributed by atoms with E-state index in [4.69, 9.17) is 14.2 Å². The largest absolute Gasteiger partial charge is 0.454 e. The minimum atomic E-state index is -0.371. The van der Waals surface area contributed by atoms with Crippen LogP contribution >= 0.6 is 0 Å². The minimum absolute atomic E-state index is 0.150. The summed E-state index contributed by atoms with van der Waals surface area (Å²) in [6.07, 6.45) is 3.83. The number of benzene rings is 2. The van der Waals surface area contributed by atoms with Crippen molar-refractivity contribution in [3.05, 3.63) is 94.7 Å². The van der Waals surface area contributed by atoms with Crippen LogP contribution in [0.25, 0.3) is 0 Å². The molecule has 0 fully saturated rings. The fourth-order valence-electron chi connectivity index (χ4n) is 3.58. The summed E-state index contributed by atoms with van der Waals surface area (Å²) in [7, 11) is 1.55. The van der Waals surface area contributed by atoms with Gasteiger partial charge in [0, 0.05) is 49.2 Å². The fraction of sp³-hybridized carbons (Fsp3) is 0.154. The molecule has 10 heteroatoms. The van der Waals surface area contributed by atoms with Gasteiger partial charge in [0.15, 0.2) is 22.9 Å². The molecule has 0 unspecified atom stereocenters. The van der Waals surface area contributed by atoms with Crippen LogP contribution in [0, 0.1) is 0 Å². The zero-order valence-corrected chi connectivity index (χ0v) is 19.4. The van der Waals surface area contributed by atoms with Crippen molar-refractivity contribution < 1.29 is 19.0 Å². The molecule has 3 heterocycles. The number of hydrogen-bond acceptors (Lipinski definition) is 8. The number of pyridine rings is 1. The molecule has 2 aromatic carbocycles. The maximum Gasteiger partial charge on any atom is 0.294 e. The lowest BCUT2D eigenvalue weighted by molar-refractivity contribution is 0.0954. The lowest BCUT2D eigenvalue weighted by atomic mass is 10.2. The zero-order valence-electron chi connectivity index (χ0n) is 19.4. The van der Waals surface area contributed by atoms with Crippen molar-refractivity contribution in [1.82, 2.24) is 20.1 Å². The third-order valence-corrected chi connectivity index (χ3v) is 5.48. The van der Waals surface area contributed by atoms with E-state index in [2.05, 4.69) is 20.7 Å². The summed E-state index contributed by atoms with van der Waals surface area (Å²) in [6.45, 7) is 0.626. The Bertz CT molecular complexity index is 1440. The van der Waals surface area contributed by atoms with Crippen molar-refractivity contribution in [3.8, 4) is 23.0 Å². The molecule has 4 aromatic rings. The highest BCUT2D eigenvalue weighted by Crippen LogP contribution is 2.37. The lowest BCUT2D eigenvalue weighted by Gasteiger charge is -2.14. The fourth-order valence-corrected chi connectivity index (χ4v) is 3.58. The molecule has 0 atom stereocenters. The van der Waals surface area contributed by atoms with Crippen molar-refractivity contribution in [2.45, 2.75) is 6.42 Å². The summed E-state index contributed by atoms with van der Waals surface area (Å²) < 4.78 is 17.9. The highest BCUT2D eigenvalue weighted by Gasteiger charge is 2.17. The van der Waals surface area contributed by atoms with Gasteiger partial charge in [-0.25, -0.2) is 4.68 Å². The van der Waals surface area contributed by atoms with Crippen LogP contribution in [-0.4, -0.2) is 34.0 Å².